The Morgan fingerprint density at radius 1 is 1.21 bits per heavy atom. The second-order valence-corrected chi connectivity index (χ2v) is 7.86. The first-order chi connectivity index (χ1) is 13.6. The lowest BCUT2D eigenvalue weighted by atomic mass is 9.90. The number of benzene rings is 1. The summed E-state index contributed by atoms with van der Waals surface area (Å²) in [5.41, 5.74) is 7.28. The molecule has 1 aliphatic heterocycles. The Morgan fingerprint density at radius 2 is 2.04 bits per heavy atom. The van der Waals surface area contributed by atoms with Gasteiger partial charge in [-0.3, -0.25) is 14.7 Å². The standard InChI is InChI=1S/C22H29N5O/c1-16-5-7-18(8-6-16)21-12-23-24-22(21)19-4-3-9-26(13-19)14-20-15-27(10-11-28)25-17(20)2/h5-8,12,15,19,28H,3-4,9-11,13-14H2,1-2H3,(H,23,24)/t19-/m0/s1. The van der Waals surface area contributed by atoms with Crippen molar-refractivity contribution >= 4 is 0 Å². The van der Waals surface area contributed by atoms with Crippen molar-refractivity contribution in [2.75, 3.05) is 19.7 Å². The summed E-state index contributed by atoms with van der Waals surface area (Å²) in [6.45, 7) is 7.87. The first-order valence-electron chi connectivity index (χ1n) is 10.1. The molecule has 6 heteroatoms. The van der Waals surface area contributed by atoms with Crippen molar-refractivity contribution in [3.8, 4) is 11.1 Å². The fourth-order valence-electron chi connectivity index (χ4n) is 4.18. The molecule has 0 aliphatic carbocycles. The lowest BCUT2D eigenvalue weighted by molar-refractivity contribution is 0.198. The zero-order valence-corrected chi connectivity index (χ0v) is 16.7. The van der Waals surface area contributed by atoms with E-state index in [0.717, 1.165) is 25.3 Å². The highest BCUT2D eigenvalue weighted by Gasteiger charge is 2.25. The van der Waals surface area contributed by atoms with Crippen LogP contribution in [0.4, 0.5) is 0 Å². The molecule has 1 aliphatic rings. The monoisotopic (exact) mass is 379 g/mol. The van der Waals surface area contributed by atoms with Crippen molar-refractivity contribution in [3.05, 3.63) is 59.2 Å². The molecule has 0 saturated carbocycles. The Bertz CT molecular complexity index is 911. The number of H-pyrrole nitrogens is 1. The van der Waals surface area contributed by atoms with Gasteiger partial charge in [-0.1, -0.05) is 29.8 Å². The number of hydrogen-bond donors (Lipinski definition) is 2. The molecule has 1 aromatic carbocycles. The van der Waals surface area contributed by atoms with Crippen LogP contribution in [-0.4, -0.2) is 49.7 Å². The second kappa shape index (κ2) is 8.29. The highest BCUT2D eigenvalue weighted by atomic mass is 16.3. The number of nitrogens with zero attached hydrogens (tertiary/aromatic N) is 4. The maximum atomic E-state index is 9.14. The fourth-order valence-corrected chi connectivity index (χ4v) is 4.18. The topological polar surface area (TPSA) is 70.0 Å². The van der Waals surface area contributed by atoms with Crippen LogP contribution in [-0.2, 0) is 13.1 Å². The fraction of sp³-hybridized carbons (Fsp3) is 0.455. The third-order valence-electron chi connectivity index (χ3n) is 5.72. The molecule has 0 radical (unpaired) electrons. The number of piperidine rings is 1. The average molecular weight is 380 g/mol. The summed E-state index contributed by atoms with van der Waals surface area (Å²) in [6, 6.07) is 8.69. The number of aryl methyl sites for hydroxylation is 2. The molecule has 1 saturated heterocycles. The molecule has 2 aromatic heterocycles. The van der Waals surface area contributed by atoms with Crippen LogP contribution in [0.5, 0.6) is 0 Å². The number of aliphatic hydroxyl groups excluding tert-OH is 1. The van der Waals surface area contributed by atoms with Crippen molar-refractivity contribution in [1.82, 2.24) is 24.9 Å². The zero-order valence-electron chi connectivity index (χ0n) is 16.7. The van der Waals surface area contributed by atoms with E-state index < -0.39 is 0 Å². The van der Waals surface area contributed by atoms with Crippen LogP contribution in [0.3, 0.4) is 0 Å². The van der Waals surface area contributed by atoms with Gasteiger partial charge in [-0.05, 0) is 38.8 Å². The second-order valence-electron chi connectivity index (χ2n) is 7.86. The van der Waals surface area contributed by atoms with Crippen molar-refractivity contribution in [3.63, 3.8) is 0 Å². The highest BCUT2D eigenvalue weighted by molar-refractivity contribution is 5.66. The van der Waals surface area contributed by atoms with Gasteiger partial charge in [0.25, 0.3) is 0 Å². The smallest absolute Gasteiger partial charge is 0.0641 e. The van der Waals surface area contributed by atoms with E-state index in [4.69, 9.17) is 5.11 Å². The van der Waals surface area contributed by atoms with Crippen LogP contribution < -0.4 is 0 Å². The lowest BCUT2D eigenvalue weighted by Gasteiger charge is -2.32. The van der Waals surface area contributed by atoms with Gasteiger partial charge < -0.3 is 5.11 Å². The average Bonchev–Trinajstić information content (AvgIpc) is 3.30. The van der Waals surface area contributed by atoms with Crippen LogP contribution in [0.1, 0.15) is 41.3 Å². The Kier molecular flexibility index (Phi) is 5.59. The van der Waals surface area contributed by atoms with E-state index in [9.17, 15) is 0 Å². The Hall–Kier alpha value is -2.44. The SMILES string of the molecule is Cc1ccc(-c2cn[nH]c2[C@H]2CCCN(Cc3cn(CCO)nc3C)C2)cc1. The van der Waals surface area contributed by atoms with E-state index in [2.05, 4.69) is 64.5 Å². The Labute approximate surface area is 166 Å². The molecule has 0 bridgehead atoms. The van der Waals surface area contributed by atoms with Gasteiger partial charge in [0.15, 0.2) is 0 Å². The van der Waals surface area contributed by atoms with E-state index in [0.29, 0.717) is 12.5 Å². The third-order valence-corrected chi connectivity index (χ3v) is 5.72. The molecule has 4 rings (SSSR count). The summed E-state index contributed by atoms with van der Waals surface area (Å²) in [5, 5.41) is 21.3. The van der Waals surface area contributed by atoms with Crippen LogP contribution in [0, 0.1) is 13.8 Å². The molecule has 6 nitrogen and oxygen atoms in total. The van der Waals surface area contributed by atoms with Crippen molar-refractivity contribution < 1.29 is 5.11 Å². The molecule has 0 spiro atoms. The molecule has 3 heterocycles. The predicted molar refractivity (Wildman–Crippen MR) is 110 cm³/mol. The van der Waals surface area contributed by atoms with Gasteiger partial charge >= 0.3 is 0 Å². The Balaban J connectivity index is 1.49. The van der Waals surface area contributed by atoms with Gasteiger partial charge in [-0.2, -0.15) is 10.2 Å². The molecule has 28 heavy (non-hydrogen) atoms. The number of aromatic nitrogens is 4. The summed E-state index contributed by atoms with van der Waals surface area (Å²) < 4.78 is 1.84. The lowest BCUT2D eigenvalue weighted by Crippen LogP contribution is -2.34. The van der Waals surface area contributed by atoms with Crippen LogP contribution in [0.15, 0.2) is 36.7 Å². The number of likely N-dealkylation sites (tertiary alicyclic amines) is 1. The number of aromatic amines is 1. The van der Waals surface area contributed by atoms with Crippen molar-refractivity contribution in [1.29, 1.82) is 0 Å². The van der Waals surface area contributed by atoms with Crippen molar-refractivity contribution in [2.24, 2.45) is 0 Å². The van der Waals surface area contributed by atoms with Gasteiger partial charge in [0.1, 0.15) is 0 Å². The number of hydrogen-bond acceptors (Lipinski definition) is 4. The van der Waals surface area contributed by atoms with Crippen LogP contribution in [0.25, 0.3) is 11.1 Å². The van der Waals surface area contributed by atoms with E-state index >= 15 is 0 Å². The van der Waals surface area contributed by atoms with Gasteiger partial charge in [0, 0.05) is 42.0 Å². The molecular weight excluding hydrogens is 350 g/mol. The molecule has 1 atom stereocenters. The van der Waals surface area contributed by atoms with E-state index in [1.807, 2.05) is 10.9 Å². The third kappa shape index (κ3) is 4.03. The van der Waals surface area contributed by atoms with Crippen molar-refractivity contribution in [2.45, 2.75) is 45.7 Å². The summed E-state index contributed by atoms with van der Waals surface area (Å²) >= 11 is 0. The summed E-state index contributed by atoms with van der Waals surface area (Å²) in [7, 11) is 0. The molecule has 148 valence electrons. The first kappa shape index (κ1) is 18.9. The Morgan fingerprint density at radius 3 is 2.82 bits per heavy atom. The molecule has 0 unspecified atom stereocenters. The molecular formula is C22H29N5O. The number of nitrogens with one attached hydrogen (secondary N) is 1. The van der Waals surface area contributed by atoms with Gasteiger partial charge in [-0.15, -0.1) is 0 Å². The van der Waals surface area contributed by atoms with E-state index in [1.54, 1.807) is 0 Å². The normalized spacial score (nSPS) is 17.9. The minimum absolute atomic E-state index is 0.119. The van der Waals surface area contributed by atoms with Crippen LogP contribution in [0.2, 0.25) is 0 Å². The number of aliphatic hydroxyl groups is 1. The highest BCUT2D eigenvalue weighted by Crippen LogP contribution is 2.33. The molecule has 2 N–H and O–H groups in total. The molecule has 0 amide bonds. The zero-order chi connectivity index (χ0) is 19.5. The predicted octanol–water partition coefficient (Wildman–Crippen LogP) is 3.26. The van der Waals surface area contributed by atoms with E-state index in [-0.39, 0.29) is 6.61 Å². The molecule has 1 fully saturated rings. The summed E-state index contributed by atoms with van der Waals surface area (Å²) in [6.07, 6.45) is 6.40. The minimum Gasteiger partial charge on any atom is -0.394 e. The summed E-state index contributed by atoms with van der Waals surface area (Å²) in [5.74, 6) is 0.459. The van der Waals surface area contributed by atoms with Gasteiger partial charge in [-0.25, -0.2) is 0 Å². The maximum absolute atomic E-state index is 9.14. The largest absolute Gasteiger partial charge is 0.394 e. The van der Waals surface area contributed by atoms with Crippen LogP contribution >= 0.6 is 0 Å². The van der Waals surface area contributed by atoms with Gasteiger partial charge in [0.2, 0.25) is 0 Å². The quantitative estimate of drug-likeness (QED) is 0.690. The maximum Gasteiger partial charge on any atom is 0.0641 e. The number of rotatable bonds is 6. The first-order valence-corrected chi connectivity index (χ1v) is 10.1. The van der Waals surface area contributed by atoms with E-state index in [1.165, 1.54) is 40.8 Å². The minimum atomic E-state index is 0.119. The van der Waals surface area contributed by atoms with Gasteiger partial charge in [0.05, 0.1) is 25.0 Å². The summed E-state index contributed by atoms with van der Waals surface area (Å²) in [4.78, 5) is 2.52. The molecule has 3 aromatic rings.